The third-order valence-electron chi connectivity index (χ3n) is 7.33. The van der Waals surface area contributed by atoms with Crippen LogP contribution in [0, 0.1) is 0 Å². The van der Waals surface area contributed by atoms with Crippen molar-refractivity contribution in [2.45, 2.75) is 23.9 Å². The van der Waals surface area contributed by atoms with Crippen LogP contribution in [-0.2, 0) is 34.0 Å². The van der Waals surface area contributed by atoms with Gasteiger partial charge in [0.15, 0.2) is 11.5 Å². The van der Waals surface area contributed by atoms with Crippen LogP contribution in [0.4, 0.5) is 5.69 Å². The molecule has 1 aromatic heterocycles. The number of carbonyl (C=O) groups excluding carboxylic acids is 4. The van der Waals surface area contributed by atoms with E-state index < -0.39 is 41.3 Å². The number of amides is 1. The molecule has 198 valence electrons. The molecule has 1 spiro atoms. The van der Waals surface area contributed by atoms with E-state index in [1.165, 1.54) is 44.6 Å². The number of furan rings is 1. The minimum atomic E-state index is -1.25. The number of ether oxygens (including phenoxy) is 4. The van der Waals surface area contributed by atoms with Crippen LogP contribution in [0.25, 0.3) is 0 Å². The van der Waals surface area contributed by atoms with Gasteiger partial charge in [0.1, 0.15) is 17.6 Å². The third-order valence-corrected chi connectivity index (χ3v) is 7.33. The van der Waals surface area contributed by atoms with Gasteiger partial charge < -0.3 is 28.3 Å². The molecule has 0 saturated carbocycles. The number of anilines is 1. The lowest BCUT2D eigenvalue weighted by Gasteiger charge is -2.39. The van der Waals surface area contributed by atoms with Gasteiger partial charge in [-0.25, -0.2) is 19.4 Å². The first-order valence-corrected chi connectivity index (χ1v) is 11.6. The van der Waals surface area contributed by atoms with E-state index in [1.807, 2.05) is 0 Å². The summed E-state index contributed by atoms with van der Waals surface area (Å²) >= 11 is 0. The average molecular weight is 523 g/mol. The summed E-state index contributed by atoms with van der Waals surface area (Å²) in [6.07, 6.45) is 1.32. The molecular weight excluding hydrogens is 498 g/mol. The van der Waals surface area contributed by atoms with E-state index in [0.29, 0.717) is 17.0 Å². The molecule has 3 atom stereocenters. The second kappa shape index (κ2) is 9.05. The van der Waals surface area contributed by atoms with Gasteiger partial charge >= 0.3 is 17.9 Å². The van der Waals surface area contributed by atoms with Crippen molar-refractivity contribution >= 4 is 35.3 Å². The average Bonchev–Trinajstić information content (AvgIpc) is 3.66. The summed E-state index contributed by atoms with van der Waals surface area (Å²) in [6.45, 7) is 0. The topological polar surface area (TPSA) is 137 Å². The van der Waals surface area contributed by atoms with Crippen molar-refractivity contribution in [3.05, 3.63) is 59.2 Å². The standard InChI is InChI=1S/C26H25N3O9/c1-28-15-9-8-13(34-2)11-14(15)26-12-16(22(31)35-3)29(21(30)17-7-6-10-38-17)25(26)27-19(24(33)37-5)18(20(26)28)23(32)36-4/h6-11,16,20H,12H2,1-5H3/t16?,20?,26-/m0/s1. The van der Waals surface area contributed by atoms with Crippen molar-refractivity contribution in [3.8, 4) is 5.75 Å². The zero-order valence-electron chi connectivity index (χ0n) is 21.3. The van der Waals surface area contributed by atoms with Crippen LogP contribution in [0.15, 0.2) is 57.3 Å². The van der Waals surface area contributed by atoms with E-state index in [2.05, 4.69) is 4.99 Å². The number of carbonyl (C=O) groups is 4. The number of hydrogen-bond donors (Lipinski definition) is 0. The fraction of sp³-hybridized carbons (Fsp3) is 0.346. The predicted molar refractivity (Wildman–Crippen MR) is 131 cm³/mol. The van der Waals surface area contributed by atoms with Crippen molar-refractivity contribution in [3.63, 3.8) is 0 Å². The largest absolute Gasteiger partial charge is 0.497 e. The SMILES string of the molecule is COC(=O)C1=C(C(=O)OC)C2N(C)c3ccc(OC)cc3[C@@]23CC(C(=O)OC)N(C(=O)c2ccco2)C3=N1. The minimum absolute atomic E-state index is 0.00488. The van der Waals surface area contributed by atoms with Crippen molar-refractivity contribution in [2.75, 3.05) is 40.4 Å². The van der Waals surface area contributed by atoms with Crippen LogP contribution < -0.4 is 9.64 Å². The Bertz CT molecular complexity index is 1410. The fourth-order valence-corrected chi connectivity index (χ4v) is 5.78. The molecule has 38 heavy (non-hydrogen) atoms. The van der Waals surface area contributed by atoms with Gasteiger partial charge in [0.25, 0.3) is 5.91 Å². The van der Waals surface area contributed by atoms with Crippen LogP contribution in [0.3, 0.4) is 0 Å². The van der Waals surface area contributed by atoms with Gasteiger partial charge in [-0.15, -0.1) is 0 Å². The molecule has 0 aliphatic carbocycles. The maximum absolute atomic E-state index is 13.8. The summed E-state index contributed by atoms with van der Waals surface area (Å²) in [5, 5.41) is 0. The van der Waals surface area contributed by atoms with E-state index in [4.69, 9.17) is 23.4 Å². The summed E-state index contributed by atoms with van der Waals surface area (Å²) in [5.41, 5.74) is -0.300. The zero-order valence-corrected chi connectivity index (χ0v) is 21.3. The summed E-state index contributed by atoms with van der Waals surface area (Å²) in [7, 11) is 6.82. The molecule has 1 aromatic carbocycles. The molecule has 4 heterocycles. The second-order valence-corrected chi connectivity index (χ2v) is 8.94. The van der Waals surface area contributed by atoms with Gasteiger partial charge in [0.05, 0.1) is 51.7 Å². The zero-order chi connectivity index (χ0) is 27.4. The molecule has 0 N–H and O–H groups in total. The van der Waals surface area contributed by atoms with Crippen molar-refractivity contribution in [1.29, 1.82) is 0 Å². The second-order valence-electron chi connectivity index (χ2n) is 8.94. The molecule has 2 unspecified atom stereocenters. The number of aliphatic imine (C=N–C) groups is 1. The number of fused-ring (bicyclic) bond motifs is 1. The van der Waals surface area contributed by atoms with E-state index >= 15 is 0 Å². The van der Waals surface area contributed by atoms with Crippen LogP contribution in [-0.4, -0.2) is 82.1 Å². The number of likely N-dealkylation sites (N-methyl/N-ethyl adjacent to an activating group) is 1. The summed E-state index contributed by atoms with van der Waals surface area (Å²) in [4.78, 5) is 60.7. The highest BCUT2D eigenvalue weighted by Crippen LogP contribution is 2.58. The van der Waals surface area contributed by atoms with Crippen LogP contribution in [0.1, 0.15) is 22.5 Å². The number of benzene rings is 1. The number of likely N-dealkylation sites (tertiary alicyclic amines) is 1. The lowest BCUT2D eigenvalue weighted by atomic mass is 9.69. The molecule has 12 nitrogen and oxygen atoms in total. The van der Waals surface area contributed by atoms with E-state index in [9.17, 15) is 19.2 Å². The van der Waals surface area contributed by atoms with Crippen LogP contribution in [0.2, 0.25) is 0 Å². The maximum Gasteiger partial charge on any atom is 0.357 e. The molecule has 0 bridgehead atoms. The number of amidine groups is 1. The Hall–Kier alpha value is -4.61. The molecule has 1 fully saturated rings. The summed E-state index contributed by atoms with van der Waals surface area (Å²) in [6, 6.07) is 6.28. The first kappa shape index (κ1) is 25.1. The first-order valence-electron chi connectivity index (χ1n) is 11.6. The van der Waals surface area contributed by atoms with Gasteiger partial charge in [0.2, 0.25) is 0 Å². The van der Waals surface area contributed by atoms with Crippen LogP contribution >= 0.6 is 0 Å². The van der Waals surface area contributed by atoms with E-state index in [1.54, 1.807) is 30.1 Å². The number of rotatable bonds is 5. The number of esters is 3. The lowest BCUT2D eigenvalue weighted by molar-refractivity contribution is -0.144. The van der Waals surface area contributed by atoms with Crippen molar-refractivity contribution < 1.29 is 42.5 Å². The molecule has 12 heteroatoms. The predicted octanol–water partition coefficient (Wildman–Crippen LogP) is 1.44. The van der Waals surface area contributed by atoms with E-state index in [-0.39, 0.29) is 29.3 Å². The number of hydrogen-bond acceptors (Lipinski definition) is 11. The van der Waals surface area contributed by atoms with Gasteiger partial charge in [-0.2, -0.15) is 0 Å². The Morgan fingerprint density at radius 3 is 2.37 bits per heavy atom. The Labute approximate surface area is 217 Å². The Morgan fingerprint density at radius 1 is 1.03 bits per heavy atom. The highest BCUT2D eigenvalue weighted by Gasteiger charge is 2.67. The van der Waals surface area contributed by atoms with Gasteiger partial charge in [-0.05, 0) is 42.3 Å². The van der Waals surface area contributed by atoms with Gasteiger partial charge in [0, 0.05) is 12.7 Å². The molecule has 5 rings (SSSR count). The molecule has 1 amide bonds. The molecular formula is C26H25N3O9. The number of nitrogens with zero attached hydrogens (tertiary/aromatic N) is 3. The monoisotopic (exact) mass is 523 g/mol. The summed E-state index contributed by atoms with van der Waals surface area (Å²) in [5.74, 6) is -2.52. The first-order chi connectivity index (χ1) is 18.2. The van der Waals surface area contributed by atoms with Crippen molar-refractivity contribution in [1.82, 2.24) is 4.90 Å². The highest BCUT2D eigenvalue weighted by molar-refractivity contribution is 6.19. The Balaban J connectivity index is 1.87. The molecule has 3 aliphatic rings. The van der Waals surface area contributed by atoms with Gasteiger partial charge in [-0.3, -0.25) is 9.69 Å². The Kier molecular flexibility index (Phi) is 5.97. The molecule has 1 saturated heterocycles. The minimum Gasteiger partial charge on any atom is -0.497 e. The number of methoxy groups -OCH3 is 4. The third kappa shape index (κ3) is 3.25. The smallest absolute Gasteiger partial charge is 0.357 e. The molecule has 0 radical (unpaired) electrons. The normalized spacial score (nSPS) is 23.2. The Morgan fingerprint density at radius 2 is 1.76 bits per heavy atom. The van der Waals surface area contributed by atoms with Gasteiger partial charge in [-0.1, -0.05) is 0 Å². The quantitative estimate of drug-likeness (QED) is 0.418. The summed E-state index contributed by atoms with van der Waals surface area (Å²) < 4.78 is 25.9. The lowest BCUT2D eigenvalue weighted by Crippen LogP contribution is -2.55. The highest BCUT2D eigenvalue weighted by atomic mass is 16.5. The molecule has 2 aromatic rings. The van der Waals surface area contributed by atoms with E-state index in [0.717, 1.165) is 7.11 Å². The van der Waals surface area contributed by atoms with Crippen molar-refractivity contribution in [2.24, 2.45) is 4.99 Å². The molecule has 3 aliphatic heterocycles. The maximum atomic E-state index is 13.8. The van der Waals surface area contributed by atoms with Crippen LogP contribution in [0.5, 0.6) is 5.75 Å². The fourth-order valence-electron chi connectivity index (χ4n) is 5.78.